The predicted molar refractivity (Wildman–Crippen MR) is 51.3 cm³/mol. The zero-order valence-electron chi connectivity index (χ0n) is 7.79. The third kappa shape index (κ3) is 1.41. The molecule has 0 saturated carbocycles. The molecule has 0 radical (unpaired) electrons. The molecular formula is C10H11NO4. The Kier molecular flexibility index (Phi) is 2.22. The summed E-state index contributed by atoms with van der Waals surface area (Å²) >= 11 is 0. The smallest absolute Gasteiger partial charge is 0.335 e. The molecule has 5 nitrogen and oxygen atoms in total. The van der Waals surface area contributed by atoms with E-state index in [4.69, 9.17) is 10.8 Å². The fourth-order valence-corrected chi connectivity index (χ4v) is 1.82. The first-order chi connectivity index (χ1) is 7.02. The highest BCUT2D eigenvalue weighted by atomic mass is 16.4. The van der Waals surface area contributed by atoms with Gasteiger partial charge in [-0.2, -0.15) is 0 Å². The molecule has 0 amide bonds. The Hall–Kier alpha value is -1.43. The number of carboxylic acid groups (broad SMARTS) is 1. The van der Waals surface area contributed by atoms with Crippen molar-refractivity contribution in [2.24, 2.45) is 5.73 Å². The third-order valence-electron chi connectivity index (χ3n) is 2.70. The van der Waals surface area contributed by atoms with E-state index in [0.29, 0.717) is 11.1 Å². The summed E-state index contributed by atoms with van der Waals surface area (Å²) in [5.41, 5.74) is 6.53. The van der Waals surface area contributed by atoms with E-state index in [1.165, 1.54) is 18.2 Å². The molecule has 1 aromatic carbocycles. The van der Waals surface area contributed by atoms with Crippen LogP contribution in [0.4, 0.5) is 0 Å². The van der Waals surface area contributed by atoms with Crippen molar-refractivity contribution in [3.05, 3.63) is 34.9 Å². The molecule has 3 atom stereocenters. The van der Waals surface area contributed by atoms with Crippen molar-refractivity contribution in [1.82, 2.24) is 0 Å². The molecule has 3 unspecified atom stereocenters. The lowest BCUT2D eigenvalue weighted by Gasteiger charge is -2.11. The number of carbonyl (C=O) groups is 1. The van der Waals surface area contributed by atoms with Gasteiger partial charge in [-0.05, 0) is 23.3 Å². The average Bonchev–Trinajstić information content (AvgIpc) is 2.44. The van der Waals surface area contributed by atoms with Gasteiger partial charge in [0.05, 0.1) is 23.8 Å². The molecule has 1 aliphatic carbocycles. The van der Waals surface area contributed by atoms with Crippen LogP contribution in [0.25, 0.3) is 0 Å². The van der Waals surface area contributed by atoms with Crippen molar-refractivity contribution < 1.29 is 20.1 Å². The van der Waals surface area contributed by atoms with Crippen LogP contribution < -0.4 is 5.73 Å². The van der Waals surface area contributed by atoms with Gasteiger partial charge >= 0.3 is 5.97 Å². The summed E-state index contributed by atoms with van der Waals surface area (Å²) < 4.78 is 0. The lowest BCUT2D eigenvalue weighted by Crippen LogP contribution is -2.28. The monoisotopic (exact) mass is 209 g/mol. The van der Waals surface area contributed by atoms with Crippen molar-refractivity contribution >= 4 is 5.97 Å². The molecule has 0 fully saturated rings. The van der Waals surface area contributed by atoms with E-state index in [1.54, 1.807) is 0 Å². The number of carboxylic acids is 1. The molecule has 5 N–H and O–H groups in total. The zero-order chi connectivity index (χ0) is 11.2. The summed E-state index contributed by atoms with van der Waals surface area (Å²) in [6.45, 7) is 0. The molecule has 2 rings (SSSR count). The second-order valence-electron chi connectivity index (χ2n) is 3.62. The van der Waals surface area contributed by atoms with Gasteiger partial charge < -0.3 is 21.1 Å². The summed E-state index contributed by atoms with van der Waals surface area (Å²) in [6.07, 6.45) is -1.94. The SMILES string of the molecule is NC1C(O)c2ccc(C(=O)O)cc2C1O. The summed E-state index contributed by atoms with van der Waals surface area (Å²) in [7, 11) is 0. The van der Waals surface area contributed by atoms with Crippen LogP contribution in [0, 0.1) is 0 Å². The molecule has 0 spiro atoms. The van der Waals surface area contributed by atoms with Gasteiger partial charge in [-0.3, -0.25) is 0 Å². The van der Waals surface area contributed by atoms with Gasteiger partial charge in [0.15, 0.2) is 0 Å². The topological polar surface area (TPSA) is 104 Å². The van der Waals surface area contributed by atoms with Crippen LogP contribution >= 0.6 is 0 Å². The number of aliphatic hydroxyl groups excluding tert-OH is 2. The van der Waals surface area contributed by atoms with E-state index >= 15 is 0 Å². The van der Waals surface area contributed by atoms with E-state index in [9.17, 15) is 15.0 Å². The normalized spacial score (nSPS) is 28.9. The summed E-state index contributed by atoms with van der Waals surface area (Å²) in [5.74, 6) is -1.07. The molecule has 15 heavy (non-hydrogen) atoms. The largest absolute Gasteiger partial charge is 0.478 e. The Morgan fingerprint density at radius 3 is 2.40 bits per heavy atom. The number of benzene rings is 1. The number of rotatable bonds is 1. The standard InChI is InChI=1S/C10H11NO4/c11-7-8(12)5-2-1-4(10(14)15)3-6(5)9(7)13/h1-3,7-9,12-13H,11H2,(H,14,15). The maximum Gasteiger partial charge on any atom is 0.335 e. The van der Waals surface area contributed by atoms with E-state index in [-0.39, 0.29) is 5.56 Å². The Balaban J connectivity index is 2.51. The highest BCUT2D eigenvalue weighted by Crippen LogP contribution is 2.38. The summed E-state index contributed by atoms with van der Waals surface area (Å²) in [6, 6.07) is 3.43. The average molecular weight is 209 g/mol. The van der Waals surface area contributed by atoms with Crippen LogP contribution in [0.2, 0.25) is 0 Å². The van der Waals surface area contributed by atoms with E-state index in [0.717, 1.165) is 0 Å². The quantitative estimate of drug-likeness (QED) is 0.512. The van der Waals surface area contributed by atoms with Crippen LogP contribution in [-0.2, 0) is 0 Å². The Labute approximate surface area is 85.8 Å². The second kappa shape index (κ2) is 3.30. The summed E-state index contributed by atoms with van der Waals surface area (Å²) in [4.78, 5) is 10.7. The van der Waals surface area contributed by atoms with Gasteiger partial charge in [0, 0.05) is 0 Å². The minimum atomic E-state index is -1.07. The minimum absolute atomic E-state index is 0.0779. The maximum absolute atomic E-state index is 10.7. The van der Waals surface area contributed by atoms with Crippen molar-refractivity contribution in [2.75, 3.05) is 0 Å². The van der Waals surface area contributed by atoms with Crippen LogP contribution in [-0.4, -0.2) is 27.3 Å². The van der Waals surface area contributed by atoms with Gasteiger partial charge in [0.1, 0.15) is 0 Å². The Morgan fingerprint density at radius 2 is 1.80 bits per heavy atom. The third-order valence-corrected chi connectivity index (χ3v) is 2.70. The molecule has 1 aromatic rings. The van der Waals surface area contributed by atoms with Crippen LogP contribution in [0.15, 0.2) is 18.2 Å². The van der Waals surface area contributed by atoms with Crippen molar-refractivity contribution in [3.63, 3.8) is 0 Å². The van der Waals surface area contributed by atoms with Gasteiger partial charge in [-0.1, -0.05) is 6.07 Å². The van der Waals surface area contributed by atoms with Gasteiger partial charge in [-0.25, -0.2) is 4.79 Å². The molecule has 0 heterocycles. The molecule has 0 aliphatic heterocycles. The van der Waals surface area contributed by atoms with Crippen LogP contribution in [0.1, 0.15) is 33.7 Å². The lowest BCUT2D eigenvalue weighted by atomic mass is 10.1. The number of hydrogen-bond acceptors (Lipinski definition) is 4. The highest BCUT2D eigenvalue weighted by Gasteiger charge is 2.36. The number of nitrogens with two attached hydrogens (primary N) is 1. The fourth-order valence-electron chi connectivity index (χ4n) is 1.82. The van der Waals surface area contributed by atoms with E-state index in [2.05, 4.69) is 0 Å². The minimum Gasteiger partial charge on any atom is -0.478 e. The van der Waals surface area contributed by atoms with Gasteiger partial charge in [0.25, 0.3) is 0 Å². The molecule has 0 aromatic heterocycles. The first-order valence-electron chi connectivity index (χ1n) is 4.51. The predicted octanol–water partition coefficient (Wildman–Crippen LogP) is -0.208. The van der Waals surface area contributed by atoms with Crippen molar-refractivity contribution in [2.45, 2.75) is 18.2 Å². The van der Waals surface area contributed by atoms with Gasteiger partial charge in [-0.15, -0.1) is 0 Å². The molecule has 5 heteroatoms. The first kappa shape index (κ1) is 10.1. The molecule has 80 valence electrons. The number of fused-ring (bicyclic) bond motifs is 1. The lowest BCUT2D eigenvalue weighted by molar-refractivity contribution is 0.0696. The van der Waals surface area contributed by atoms with Crippen molar-refractivity contribution in [1.29, 1.82) is 0 Å². The van der Waals surface area contributed by atoms with E-state index < -0.39 is 24.2 Å². The van der Waals surface area contributed by atoms with Gasteiger partial charge in [0.2, 0.25) is 0 Å². The number of hydrogen-bond donors (Lipinski definition) is 4. The fraction of sp³-hybridized carbons (Fsp3) is 0.300. The summed E-state index contributed by atoms with van der Waals surface area (Å²) in [5, 5.41) is 28.0. The highest BCUT2D eigenvalue weighted by molar-refractivity contribution is 5.88. The van der Waals surface area contributed by atoms with Crippen LogP contribution in [0.5, 0.6) is 0 Å². The number of aliphatic hydroxyl groups is 2. The molecule has 1 aliphatic rings. The Bertz CT molecular complexity index is 418. The first-order valence-corrected chi connectivity index (χ1v) is 4.51. The van der Waals surface area contributed by atoms with Crippen molar-refractivity contribution in [3.8, 4) is 0 Å². The zero-order valence-corrected chi connectivity index (χ0v) is 7.79. The maximum atomic E-state index is 10.7. The molecular weight excluding hydrogens is 198 g/mol. The molecule has 0 saturated heterocycles. The molecule has 0 bridgehead atoms. The number of aromatic carboxylic acids is 1. The Morgan fingerprint density at radius 1 is 1.20 bits per heavy atom. The van der Waals surface area contributed by atoms with Crippen LogP contribution in [0.3, 0.4) is 0 Å². The van der Waals surface area contributed by atoms with E-state index in [1.807, 2.05) is 0 Å². The second-order valence-corrected chi connectivity index (χ2v) is 3.62.